The molecule has 23 heavy (non-hydrogen) atoms. The van der Waals surface area contributed by atoms with Gasteiger partial charge in [-0.05, 0) is 36.2 Å². The van der Waals surface area contributed by atoms with Crippen LogP contribution in [0.2, 0.25) is 0 Å². The number of phenolic OH excluding ortho intramolecular Hbond substituents is 1. The molecule has 0 bridgehead atoms. The summed E-state index contributed by atoms with van der Waals surface area (Å²) in [6, 6.07) is 12.5. The topological polar surface area (TPSA) is 70.9 Å². The fourth-order valence-corrected chi connectivity index (χ4v) is 3.22. The second-order valence-electron chi connectivity index (χ2n) is 5.88. The monoisotopic (exact) mass is 308 g/mol. The van der Waals surface area contributed by atoms with Gasteiger partial charge in [0.1, 0.15) is 11.5 Å². The molecule has 2 heterocycles. The van der Waals surface area contributed by atoms with Crippen LogP contribution in [-0.4, -0.2) is 23.5 Å². The van der Waals surface area contributed by atoms with Gasteiger partial charge in [-0.3, -0.25) is 0 Å². The SMILES string of the molecule is Cc1cc(C2NC(=O)N=C3c4ccccc4OCC32)ccc1O. The zero-order valence-electron chi connectivity index (χ0n) is 12.6. The number of para-hydroxylation sites is 1. The number of nitrogens with zero attached hydrogens (tertiary/aromatic N) is 1. The van der Waals surface area contributed by atoms with Gasteiger partial charge in [0.25, 0.3) is 0 Å². The molecular formula is C18H16N2O3. The molecule has 0 saturated carbocycles. The lowest BCUT2D eigenvalue weighted by atomic mass is 9.83. The molecule has 0 aromatic heterocycles. The van der Waals surface area contributed by atoms with Crippen LogP contribution in [0, 0.1) is 12.8 Å². The minimum absolute atomic E-state index is 0.0495. The van der Waals surface area contributed by atoms with E-state index in [0.717, 1.165) is 28.2 Å². The maximum absolute atomic E-state index is 12.1. The van der Waals surface area contributed by atoms with Crippen molar-refractivity contribution in [3.8, 4) is 11.5 Å². The second-order valence-corrected chi connectivity index (χ2v) is 5.88. The standard InChI is InChI=1S/C18H16N2O3/c1-10-8-11(6-7-14(10)21)16-13-9-23-15-5-3-2-4-12(15)17(13)20-18(22)19-16/h2-8,13,16,21H,9H2,1H3,(H,19,22). The van der Waals surface area contributed by atoms with E-state index in [2.05, 4.69) is 10.3 Å². The van der Waals surface area contributed by atoms with Gasteiger partial charge in [0.15, 0.2) is 0 Å². The van der Waals surface area contributed by atoms with Gasteiger partial charge in [-0.1, -0.05) is 24.3 Å². The predicted molar refractivity (Wildman–Crippen MR) is 86.1 cm³/mol. The van der Waals surface area contributed by atoms with Crippen LogP contribution in [0.4, 0.5) is 4.79 Å². The average Bonchev–Trinajstić information content (AvgIpc) is 2.56. The molecule has 0 radical (unpaired) electrons. The highest BCUT2D eigenvalue weighted by Crippen LogP contribution is 2.37. The number of amides is 2. The summed E-state index contributed by atoms with van der Waals surface area (Å²) in [5, 5.41) is 12.6. The Morgan fingerprint density at radius 3 is 2.91 bits per heavy atom. The largest absolute Gasteiger partial charge is 0.508 e. The number of urea groups is 1. The quantitative estimate of drug-likeness (QED) is 0.851. The molecule has 2 N–H and O–H groups in total. The van der Waals surface area contributed by atoms with Gasteiger partial charge >= 0.3 is 6.03 Å². The van der Waals surface area contributed by atoms with Crippen molar-refractivity contribution in [2.24, 2.45) is 10.9 Å². The van der Waals surface area contributed by atoms with Crippen molar-refractivity contribution in [2.75, 3.05) is 6.61 Å². The Bertz CT molecular complexity index is 829. The lowest BCUT2D eigenvalue weighted by Gasteiger charge is -2.36. The molecule has 0 spiro atoms. The highest BCUT2D eigenvalue weighted by atomic mass is 16.5. The third-order valence-electron chi connectivity index (χ3n) is 4.42. The average molecular weight is 308 g/mol. The van der Waals surface area contributed by atoms with Crippen molar-refractivity contribution in [3.63, 3.8) is 0 Å². The molecule has 0 fully saturated rings. The van der Waals surface area contributed by atoms with Gasteiger partial charge in [0.05, 0.1) is 24.3 Å². The zero-order chi connectivity index (χ0) is 16.0. The van der Waals surface area contributed by atoms with Crippen molar-refractivity contribution in [1.29, 1.82) is 0 Å². The van der Waals surface area contributed by atoms with E-state index in [0.29, 0.717) is 6.61 Å². The van der Waals surface area contributed by atoms with Crippen LogP contribution >= 0.6 is 0 Å². The molecule has 2 atom stereocenters. The molecule has 116 valence electrons. The normalized spacial score (nSPS) is 22.3. The number of benzene rings is 2. The first kappa shape index (κ1) is 13.8. The Morgan fingerprint density at radius 2 is 2.09 bits per heavy atom. The van der Waals surface area contributed by atoms with Gasteiger partial charge in [-0.15, -0.1) is 0 Å². The summed E-state index contributed by atoms with van der Waals surface area (Å²) in [6.45, 7) is 2.30. The van der Waals surface area contributed by atoms with Crippen molar-refractivity contribution < 1.29 is 14.6 Å². The number of hydrogen-bond donors (Lipinski definition) is 2. The van der Waals surface area contributed by atoms with Crippen LogP contribution in [0.25, 0.3) is 0 Å². The lowest BCUT2D eigenvalue weighted by molar-refractivity contribution is 0.217. The number of aryl methyl sites for hydroxylation is 1. The summed E-state index contributed by atoms with van der Waals surface area (Å²) < 4.78 is 5.85. The molecular weight excluding hydrogens is 292 g/mol. The fourth-order valence-electron chi connectivity index (χ4n) is 3.22. The number of fused-ring (bicyclic) bond motifs is 3. The first-order chi connectivity index (χ1) is 11.1. The number of hydrogen-bond acceptors (Lipinski definition) is 3. The molecule has 2 aromatic rings. The minimum atomic E-state index is -0.344. The van der Waals surface area contributed by atoms with Gasteiger partial charge in [-0.25, -0.2) is 4.79 Å². The van der Waals surface area contributed by atoms with Crippen molar-refractivity contribution >= 4 is 11.7 Å². The van der Waals surface area contributed by atoms with Gasteiger partial charge in [0.2, 0.25) is 0 Å². The molecule has 2 aliphatic rings. The Hall–Kier alpha value is -2.82. The first-order valence-corrected chi connectivity index (χ1v) is 7.54. The van der Waals surface area contributed by atoms with E-state index in [9.17, 15) is 9.90 Å². The van der Waals surface area contributed by atoms with Crippen molar-refractivity contribution in [2.45, 2.75) is 13.0 Å². The zero-order valence-corrected chi connectivity index (χ0v) is 12.6. The summed E-state index contributed by atoms with van der Waals surface area (Å²) in [5.74, 6) is 0.958. The summed E-state index contributed by atoms with van der Waals surface area (Å²) in [4.78, 5) is 16.3. The number of aliphatic imine (C=N–C) groups is 1. The highest BCUT2D eigenvalue weighted by Gasteiger charge is 2.38. The Morgan fingerprint density at radius 1 is 1.26 bits per heavy atom. The number of aromatic hydroxyl groups is 1. The maximum Gasteiger partial charge on any atom is 0.341 e. The van der Waals surface area contributed by atoms with E-state index in [1.54, 1.807) is 6.07 Å². The van der Waals surface area contributed by atoms with Crippen molar-refractivity contribution in [3.05, 3.63) is 59.2 Å². The predicted octanol–water partition coefficient (Wildman–Crippen LogP) is 2.96. The van der Waals surface area contributed by atoms with Crippen LogP contribution < -0.4 is 10.1 Å². The number of ether oxygens (including phenoxy) is 1. The smallest absolute Gasteiger partial charge is 0.341 e. The molecule has 2 unspecified atom stereocenters. The highest BCUT2D eigenvalue weighted by molar-refractivity contribution is 6.11. The summed E-state index contributed by atoms with van der Waals surface area (Å²) in [6.07, 6.45) is 0. The molecule has 0 aliphatic carbocycles. The molecule has 5 heteroatoms. The van der Waals surface area contributed by atoms with Crippen molar-refractivity contribution in [1.82, 2.24) is 5.32 Å². The number of phenols is 1. The molecule has 2 aromatic carbocycles. The minimum Gasteiger partial charge on any atom is -0.508 e. The number of rotatable bonds is 1. The third kappa shape index (κ3) is 2.25. The molecule has 2 aliphatic heterocycles. The van der Waals surface area contributed by atoms with E-state index < -0.39 is 0 Å². The number of nitrogens with one attached hydrogen (secondary N) is 1. The summed E-state index contributed by atoms with van der Waals surface area (Å²) in [5.41, 5.74) is 3.36. The number of carbonyl (C=O) groups is 1. The lowest BCUT2D eigenvalue weighted by Crippen LogP contribution is -2.45. The second kappa shape index (κ2) is 5.12. The summed E-state index contributed by atoms with van der Waals surface area (Å²) >= 11 is 0. The Labute approximate surface area is 133 Å². The summed E-state index contributed by atoms with van der Waals surface area (Å²) in [7, 11) is 0. The van der Waals surface area contributed by atoms with Gasteiger partial charge < -0.3 is 15.2 Å². The van der Waals surface area contributed by atoms with Crippen LogP contribution in [-0.2, 0) is 0 Å². The maximum atomic E-state index is 12.1. The van der Waals surface area contributed by atoms with Crippen LogP contribution in [0.5, 0.6) is 11.5 Å². The van der Waals surface area contributed by atoms with E-state index in [1.165, 1.54) is 0 Å². The molecule has 5 nitrogen and oxygen atoms in total. The van der Waals surface area contributed by atoms with Gasteiger partial charge in [-0.2, -0.15) is 4.99 Å². The van der Waals surface area contributed by atoms with Gasteiger partial charge in [0, 0.05) is 5.56 Å². The number of carbonyl (C=O) groups excluding carboxylic acids is 1. The molecule has 4 rings (SSSR count). The Kier molecular flexibility index (Phi) is 3.08. The molecule has 0 saturated heterocycles. The Balaban J connectivity index is 1.79. The van der Waals surface area contributed by atoms with Crippen LogP contribution in [0.15, 0.2) is 47.5 Å². The molecule has 2 amide bonds. The van der Waals surface area contributed by atoms with Crippen LogP contribution in [0.1, 0.15) is 22.7 Å². The van der Waals surface area contributed by atoms with E-state index in [1.807, 2.05) is 43.3 Å². The third-order valence-corrected chi connectivity index (χ3v) is 4.42. The van der Waals surface area contributed by atoms with E-state index >= 15 is 0 Å². The fraction of sp³-hybridized carbons (Fsp3) is 0.222. The first-order valence-electron chi connectivity index (χ1n) is 7.54. The van der Waals surface area contributed by atoms with E-state index in [4.69, 9.17) is 4.74 Å². The van der Waals surface area contributed by atoms with Crippen LogP contribution in [0.3, 0.4) is 0 Å². The van der Waals surface area contributed by atoms with E-state index in [-0.39, 0.29) is 23.7 Å².